The number of likely N-dealkylation sites (tertiary alicyclic amines) is 1. The molecule has 0 aromatic heterocycles. The normalized spacial score (nSPS) is 14.2. The highest BCUT2D eigenvalue weighted by Crippen LogP contribution is 2.21. The predicted octanol–water partition coefficient (Wildman–Crippen LogP) is 3.63. The van der Waals surface area contributed by atoms with E-state index < -0.39 is 5.97 Å². The van der Waals surface area contributed by atoms with Crippen LogP contribution in [0, 0.1) is 6.92 Å². The first-order chi connectivity index (χ1) is 12.6. The van der Waals surface area contributed by atoms with Gasteiger partial charge in [0.25, 0.3) is 5.91 Å². The summed E-state index contributed by atoms with van der Waals surface area (Å²) in [6, 6.07) is 12.9. The zero-order valence-corrected chi connectivity index (χ0v) is 15.2. The maximum absolute atomic E-state index is 12.5. The summed E-state index contributed by atoms with van der Waals surface area (Å²) in [4.78, 5) is 26.7. The molecule has 0 atom stereocenters. The first-order valence-corrected chi connectivity index (χ1v) is 8.89. The number of carbonyl (C=O) groups is 2. The van der Waals surface area contributed by atoms with Crippen LogP contribution in [-0.4, -0.2) is 37.0 Å². The van der Waals surface area contributed by atoms with Gasteiger partial charge in [0.05, 0.1) is 12.7 Å². The number of methoxy groups -OCH3 is 1. The summed E-state index contributed by atoms with van der Waals surface area (Å²) in [5, 5.41) is 2.88. The van der Waals surface area contributed by atoms with Crippen LogP contribution in [0.2, 0.25) is 0 Å². The molecule has 0 bridgehead atoms. The summed E-state index contributed by atoms with van der Waals surface area (Å²) in [5.74, 6) is -0.604. The maximum Gasteiger partial charge on any atom is 0.338 e. The molecule has 0 unspecified atom stereocenters. The Kier molecular flexibility index (Phi) is 5.68. The number of hydrogen-bond acceptors (Lipinski definition) is 4. The van der Waals surface area contributed by atoms with Crippen molar-refractivity contribution in [3.63, 3.8) is 0 Å². The number of nitrogens with one attached hydrogen (secondary N) is 1. The van der Waals surface area contributed by atoms with Gasteiger partial charge in [0.2, 0.25) is 0 Å². The summed E-state index contributed by atoms with van der Waals surface area (Å²) in [6.45, 7) is 5.03. The van der Waals surface area contributed by atoms with Crippen molar-refractivity contribution in [2.75, 3.05) is 25.5 Å². The third kappa shape index (κ3) is 4.11. The predicted molar refractivity (Wildman–Crippen MR) is 101 cm³/mol. The summed E-state index contributed by atoms with van der Waals surface area (Å²) in [7, 11) is 1.34. The van der Waals surface area contributed by atoms with Gasteiger partial charge < -0.3 is 10.1 Å². The zero-order valence-electron chi connectivity index (χ0n) is 15.2. The van der Waals surface area contributed by atoms with E-state index in [-0.39, 0.29) is 5.91 Å². The molecule has 1 aliphatic rings. The summed E-state index contributed by atoms with van der Waals surface area (Å²) >= 11 is 0. The molecule has 1 heterocycles. The van der Waals surface area contributed by atoms with E-state index in [1.54, 1.807) is 25.1 Å². The van der Waals surface area contributed by atoms with Crippen LogP contribution < -0.4 is 5.32 Å². The smallest absolute Gasteiger partial charge is 0.338 e. The lowest BCUT2D eigenvalue weighted by atomic mass is 10.1. The lowest BCUT2D eigenvalue weighted by Crippen LogP contribution is -2.18. The molecule has 2 aromatic rings. The van der Waals surface area contributed by atoms with E-state index in [0.717, 1.165) is 19.6 Å². The van der Waals surface area contributed by atoms with Gasteiger partial charge in [-0.15, -0.1) is 0 Å². The van der Waals surface area contributed by atoms with Crippen molar-refractivity contribution in [3.05, 3.63) is 64.7 Å². The molecular weight excluding hydrogens is 328 g/mol. The molecule has 0 spiro atoms. The number of nitrogens with zero attached hydrogens (tertiary/aromatic N) is 1. The highest BCUT2D eigenvalue weighted by atomic mass is 16.5. The Morgan fingerprint density at radius 1 is 1.08 bits per heavy atom. The SMILES string of the molecule is COC(=O)c1cccc(NC(=O)c2ccc(CN3CCCC3)cc2)c1C. The Bertz CT molecular complexity index is 793. The fraction of sp³-hybridized carbons (Fsp3) is 0.333. The average molecular weight is 352 g/mol. The third-order valence-electron chi connectivity index (χ3n) is 4.81. The summed E-state index contributed by atoms with van der Waals surface area (Å²) in [5.41, 5.74) is 3.56. The Morgan fingerprint density at radius 3 is 2.42 bits per heavy atom. The molecule has 1 amide bonds. The van der Waals surface area contributed by atoms with E-state index in [1.165, 1.54) is 25.5 Å². The van der Waals surface area contributed by atoms with Gasteiger partial charge in [-0.2, -0.15) is 0 Å². The van der Waals surface area contributed by atoms with Gasteiger partial charge in [0.15, 0.2) is 0 Å². The van der Waals surface area contributed by atoms with E-state index in [9.17, 15) is 9.59 Å². The molecule has 2 aromatic carbocycles. The summed E-state index contributed by atoms with van der Waals surface area (Å²) < 4.78 is 4.77. The average Bonchev–Trinajstić information content (AvgIpc) is 3.16. The number of ether oxygens (including phenoxy) is 1. The molecule has 0 saturated carbocycles. The van der Waals surface area contributed by atoms with Crippen LogP contribution >= 0.6 is 0 Å². The van der Waals surface area contributed by atoms with Crippen molar-refractivity contribution >= 4 is 17.6 Å². The topological polar surface area (TPSA) is 58.6 Å². The van der Waals surface area contributed by atoms with E-state index >= 15 is 0 Å². The largest absolute Gasteiger partial charge is 0.465 e. The number of anilines is 1. The molecule has 1 aliphatic heterocycles. The van der Waals surface area contributed by atoms with E-state index in [4.69, 9.17) is 4.74 Å². The lowest BCUT2D eigenvalue weighted by molar-refractivity contribution is 0.0599. The van der Waals surface area contributed by atoms with Crippen LogP contribution in [0.3, 0.4) is 0 Å². The van der Waals surface area contributed by atoms with Crippen molar-refractivity contribution in [1.29, 1.82) is 0 Å². The van der Waals surface area contributed by atoms with Gasteiger partial charge in [-0.3, -0.25) is 9.69 Å². The molecule has 1 N–H and O–H groups in total. The Hall–Kier alpha value is -2.66. The number of rotatable bonds is 5. The third-order valence-corrected chi connectivity index (χ3v) is 4.81. The second-order valence-corrected chi connectivity index (χ2v) is 6.60. The number of hydrogen-bond donors (Lipinski definition) is 1. The number of benzene rings is 2. The Labute approximate surface area is 154 Å². The maximum atomic E-state index is 12.5. The molecule has 0 radical (unpaired) electrons. The Balaban J connectivity index is 1.69. The zero-order chi connectivity index (χ0) is 18.5. The fourth-order valence-electron chi connectivity index (χ4n) is 3.26. The highest BCUT2D eigenvalue weighted by molar-refractivity contribution is 6.05. The minimum atomic E-state index is -0.412. The molecule has 3 rings (SSSR count). The van der Waals surface area contributed by atoms with Gasteiger partial charge in [-0.25, -0.2) is 4.79 Å². The van der Waals surface area contributed by atoms with Crippen molar-refractivity contribution in [2.45, 2.75) is 26.3 Å². The van der Waals surface area contributed by atoms with Crippen LogP contribution in [0.1, 0.15) is 44.7 Å². The van der Waals surface area contributed by atoms with Crippen LogP contribution in [0.25, 0.3) is 0 Å². The van der Waals surface area contributed by atoms with Crippen molar-refractivity contribution in [1.82, 2.24) is 4.90 Å². The van der Waals surface area contributed by atoms with Crippen LogP contribution in [-0.2, 0) is 11.3 Å². The van der Waals surface area contributed by atoms with Gasteiger partial charge >= 0.3 is 5.97 Å². The second-order valence-electron chi connectivity index (χ2n) is 6.60. The minimum Gasteiger partial charge on any atom is -0.465 e. The lowest BCUT2D eigenvalue weighted by Gasteiger charge is -2.15. The minimum absolute atomic E-state index is 0.192. The van der Waals surface area contributed by atoms with Gasteiger partial charge in [0, 0.05) is 17.8 Å². The molecule has 0 aliphatic carbocycles. The number of amides is 1. The number of esters is 1. The molecule has 26 heavy (non-hydrogen) atoms. The summed E-state index contributed by atoms with van der Waals surface area (Å²) in [6.07, 6.45) is 2.54. The van der Waals surface area contributed by atoms with Gasteiger partial charge in [-0.05, 0) is 68.2 Å². The molecule has 5 nitrogen and oxygen atoms in total. The fourth-order valence-corrected chi connectivity index (χ4v) is 3.26. The quantitative estimate of drug-likeness (QED) is 0.835. The first-order valence-electron chi connectivity index (χ1n) is 8.89. The van der Waals surface area contributed by atoms with E-state index in [1.807, 2.05) is 24.3 Å². The highest BCUT2D eigenvalue weighted by Gasteiger charge is 2.15. The van der Waals surface area contributed by atoms with Crippen LogP contribution in [0.4, 0.5) is 5.69 Å². The monoisotopic (exact) mass is 352 g/mol. The molecule has 136 valence electrons. The van der Waals surface area contributed by atoms with Gasteiger partial charge in [-0.1, -0.05) is 18.2 Å². The van der Waals surface area contributed by atoms with Crippen molar-refractivity contribution < 1.29 is 14.3 Å². The molecule has 5 heteroatoms. The second kappa shape index (κ2) is 8.15. The van der Waals surface area contributed by atoms with Gasteiger partial charge in [0.1, 0.15) is 0 Å². The van der Waals surface area contributed by atoms with Crippen molar-refractivity contribution in [3.8, 4) is 0 Å². The molecular formula is C21H24N2O3. The van der Waals surface area contributed by atoms with Crippen molar-refractivity contribution in [2.24, 2.45) is 0 Å². The molecule has 1 saturated heterocycles. The molecule has 1 fully saturated rings. The number of carbonyl (C=O) groups excluding carboxylic acids is 2. The van der Waals surface area contributed by atoms with Crippen LogP contribution in [0.5, 0.6) is 0 Å². The van der Waals surface area contributed by atoms with Crippen LogP contribution in [0.15, 0.2) is 42.5 Å². The Morgan fingerprint density at radius 2 is 1.77 bits per heavy atom. The van der Waals surface area contributed by atoms with E-state index in [2.05, 4.69) is 10.2 Å². The van der Waals surface area contributed by atoms with E-state index in [0.29, 0.717) is 22.4 Å². The first kappa shape index (κ1) is 18.1. The standard InChI is InChI=1S/C21H24N2O3/c1-15-18(21(25)26-2)6-5-7-19(15)22-20(24)17-10-8-16(9-11-17)14-23-12-3-4-13-23/h5-11H,3-4,12-14H2,1-2H3,(H,22,24).